The fraction of sp³-hybridized carbons (Fsp3) is 0.310. The molecule has 0 atom stereocenters. The molecule has 2 heterocycles. The molecule has 2 aliphatic rings. The summed E-state index contributed by atoms with van der Waals surface area (Å²) in [6, 6.07) is 20.4. The molecule has 0 spiro atoms. The molecule has 5 rings (SSSR count). The van der Waals surface area contributed by atoms with Gasteiger partial charge in [0, 0.05) is 73.8 Å². The predicted octanol–water partition coefficient (Wildman–Crippen LogP) is 5.30. The van der Waals surface area contributed by atoms with Crippen LogP contribution in [-0.4, -0.2) is 60.1 Å². The van der Waals surface area contributed by atoms with E-state index < -0.39 is 10.8 Å². The van der Waals surface area contributed by atoms with Crippen molar-refractivity contribution in [2.45, 2.75) is 19.4 Å². The third-order valence-electron chi connectivity index (χ3n) is 7.32. The quantitative estimate of drug-likeness (QED) is 0.222. The second-order valence-corrected chi connectivity index (χ2v) is 10.8. The molecule has 40 heavy (non-hydrogen) atoms. The van der Waals surface area contributed by atoms with E-state index >= 15 is 0 Å². The number of hydrogen-bond donors (Lipinski definition) is 2. The standard InChI is InChI=1S/C29H31ClN6O3S/c30-25-6-2-1-5-22(25)20-33-15-17-34(18-16-33)24-10-8-23(9-11-24)31-29(40)32-28(37)21-7-12-26(27(19-21)36(38)39)35-13-3-4-14-35/h1-2,5-12,19H,3-4,13-18,20H2,(H2,31,32,37,40). The maximum absolute atomic E-state index is 12.8. The minimum Gasteiger partial charge on any atom is -0.369 e. The maximum atomic E-state index is 12.8. The molecule has 1 amide bonds. The molecule has 0 bridgehead atoms. The number of benzene rings is 3. The minimum atomic E-state index is -0.500. The Hall–Kier alpha value is -3.73. The van der Waals surface area contributed by atoms with Crippen molar-refractivity contribution in [3.63, 3.8) is 0 Å². The van der Waals surface area contributed by atoms with Gasteiger partial charge in [-0.2, -0.15) is 0 Å². The summed E-state index contributed by atoms with van der Waals surface area (Å²) in [5.74, 6) is -0.500. The van der Waals surface area contributed by atoms with Crippen LogP contribution in [0.1, 0.15) is 28.8 Å². The summed E-state index contributed by atoms with van der Waals surface area (Å²) in [4.78, 5) is 30.7. The van der Waals surface area contributed by atoms with Gasteiger partial charge in [-0.15, -0.1) is 0 Å². The second-order valence-electron chi connectivity index (χ2n) is 9.96. The van der Waals surface area contributed by atoms with E-state index in [0.29, 0.717) is 5.69 Å². The Bertz CT molecular complexity index is 1390. The predicted molar refractivity (Wildman–Crippen MR) is 164 cm³/mol. The molecule has 2 N–H and O–H groups in total. The van der Waals surface area contributed by atoms with Gasteiger partial charge in [0.25, 0.3) is 11.6 Å². The number of carbonyl (C=O) groups is 1. The van der Waals surface area contributed by atoms with E-state index in [9.17, 15) is 14.9 Å². The van der Waals surface area contributed by atoms with Crippen LogP contribution >= 0.6 is 23.8 Å². The SMILES string of the molecule is O=C(NC(=S)Nc1ccc(N2CCN(Cc3ccccc3Cl)CC2)cc1)c1ccc(N2CCCC2)c([N+](=O)[O-])c1. The monoisotopic (exact) mass is 578 g/mol. The molecular formula is C29H31ClN6O3S. The molecule has 3 aromatic carbocycles. The number of nitro groups is 1. The second kappa shape index (κ2) is 12.6. The number of piperazine rings is 1. The summed E-state index contributed by atoms with van der Waals surface area (Å²) in [6.45, 7) is 6.10. The largest absolute Gasteiger partial charge is 0.369 e. The first-order valence-corrected chi connectivity index (χ1v) is 14.1. The number of amides is 1. The van der Waals surface area contributed by atoms with E-state index in [1.807, 2.05) is 47.4 Å². The molecule has 2 saturated heterocycles. The van der Waals surface area contributed by atoms with Gasteiger partial charge in [0.1, 0.15) is 5.69 Å². The van der Waals surface area contributed by atoms with Gasteiger partial charge in [0.05, 0.1) is 4.92 Å². The van der Waals surface area contributed by atoms with E-state index in [-0.39, 0.29) is 16.4 Å². The normalized spacial score (nSPS) is 15.6. The first-order valence-electron chi connectivity index (χ1n) is 13.3. The van der Waals surface area contributed by atoms with Gasteiger partial charge in [0.2, 0.25) is 0 Å². The Balaban J connectivity index is 1.13. The van der Waals surface area contributed by atoms with Crippen LogP contribution in [0.5, 0.6) is 0 Å². The maximum Gasteiger partial charge on any atom is 0.293 e. The average Bonchev–Trinajstić information content (AvgIpc) is 3.50. The highest BCUT2D eigenvalue weighted by Crippen LogP contribution is 2.31. The highest BCUT2D eigenvalue weighted by molar-refractivity contribution is 7.80. The molecule has 3 aromatic rings. The molecule has 11 heteroatoms. The summed E-state index contributed by atoms with van der Waals surface area (Å²) in [5, 5.41) is 18.2. The molecule has 208 valence electrons. The van der Waals surface area contributed by atoms with E-state index in [2.05, 4.69) is 26.5 Å². The van der Waals surface area contributed by atoms with Crippen LogP contribution < -0.4 is 20.4 Å². The van der Waals surface area contributed by atoms with Gasteiger partial charge in [-0.1, -0.05) is 29.8 Å². The van der Waals surface area contributed by atoms with Gasteiger partial charge in [0.15, 0.2) is 5.11 Å². The number of halogens is 1. The van der Waals surface area contributed by atoms with E-state index in [4.69, 9.17) is 23.8 Å². The van der Waals surface area contributed by atoms with Crippen molar-refractivity contribution in [1.82, 2.24) is 10.2 Å². The Morgan fingerprint density at radius 1 is 0.925 bits per heavy atom. The van der Waals surface area contributed by atoms with Gasteiger partial charge in [-0.3, -0.25) is 25.1 Å². The Kier molecular flexibility index (Phi) is 8.78. The minimum absolute atomic E-state index is 0.0753. The summed E-state index contributed by atoms with van der Waals surface area (Å²) in [7, 11) is 0. The van der Waals surface area contributed by atoms with Crippen LogP contribution in [0, 0.1) is 10.1 Å². The van der Waals surface area contributed by atoms with Gasteiger partial charge >= 0.3 is 0 Å². The van der Waals surface area contributed by atoms with Crippen LogP contribution in [0.3, 0.4) is 0 Å². The molecule has 0 saturated carbocycles. The molecule has 0 aliphatic carbocycles. The van der Waals surface area contributed by atoms with Crippen LogP contribution in [0.25, 0.3) is 0 Å². The first kappa shape index (κ1) is 27.8. The molecule has 0 aromatic heterocycles. The van der Waals surface area contributed by atoms with Crippen molar-refractivity contribution in [3.05, 3.63) is 93.0 Å². The topological polar surface area (TPSA) is 94.0 Å². The summed E-state index contributed by atoms with van der Waals surface area (Å²) < 4.78 is 0. The lowest BCUT2D eigenvalue weighted by Gasteiger charge is -2.36. The van der Waals surface area contributed by atoms with Crippen molar-refractivity contribution in [2.75, 3.05) is 54.4 Å². The highest BCUT2D eigenvalue weighted by atomic mass is 35.5. The third kappa shape index (κ3) is 6.70. The summed E-state index contributed by atoms with van der Waals surface area (Å²) in [5.41, 5.74) is 3.65. The van der Waals surface area contributed by atoms with Gasteiger partial charge < -0.3 is 15.1 Å². The highest BCUT2D eigenvalue weighted by Gasteiger charge is 2.24. The number of thiocarbonyl (C=S) groups is 1. The van der Waals surface area contributed by atoms with Crippen LogP contribution in [0.4, 0.5) is 22.7 Å². The number of hydrogen-bond acceptors (Lipinski definition) is 7. The van der Waals surface area contributed by atoms with E-state index in [0.717, 1.165) is 80.6 Å². The van der Waals surface area contributed by atoms with Crippen molar-refractivity contribution in [1.29, 1.82) is 0 Å². The molecule has 2 aliphatic heterocycles. The molecule has 0 unspecified atom stereocenters. The smallest absolute Gasteiger partial charge is 0.293 e. The lowest BCUT2D eigenvalue weighted by Crippen LogP contribution is -2.46. The van der Waals surface area contributed by atoms with Gasteiger partial charge in [-0.05, 0) is 73.1 Å². The number of nitro benzene ring substituents is 1. The zero-order chi connectivity index (χ0) is 28.1. The van der Waals surface area contributed by atoms with Crippen LogP contribution in [0.2, 0.25) is 5.02 Å². The number of carbonyl (C=O) groups excluding carboxylic acids is 1. The number of nitrogens with zero attached hydrogens (tertiary/aromatic N) is 4. The van der Waals surface area contributed by atoms with E-state index in [1.54, 1.807) is 12.1 Å². The van der Waals surface area contributed by atoms with E-state index in [1.165, 1.54) is 6.07 Å². The van der Waals surface area contributed by atoms with Crippen molar-refractivity contribution in [2.24, 2.45) is 0 Å². The zero-order valence-electron chi connectivity index (χ0n) is 22.0. The average molecular weight is 579 g/mol. The fourth-order valence-corrected chi connectivity index (χ4v) is 5.57. The summed E-state index contributed by atoms with van der Waals surface area (Å²) in [6.07, 6.45) is 2.00. The third-order valence-corrected chi connectivity index (χ3v) is 7.90. The summed E-state index contributed by atoms with van der Waals surface area (Å²) >= 11 is 11.7. The van der Waals surface area contributed by atoms with Crippen LogP contribution in [-0.2, 0) is 6.54 Å². The van der Waals surface area contributed by atoms with Crippen molar-refractivity contribution >= 4 is 57.6 Å². The molecule has 9 nitrogen and oxygen atoms in total. The Labute approximate surface area is 243 Å². The fourth-order valence-electron chi connectivity index (χ4n) is 5.16. The molecular weight excluding hydrogens is 548 g/mol. The van der Waals surface area contributed by atoms with Gasteiger partial charge in [-0.25, -0.2) is 0 Å². The Morgan fingerprint density at radius 2 is 1.62 bits per heavy atom. The van der Waals surface area contributed by atoms with Crippen LogP contribution in [0.15, 0.2) is 66.7 Å². The van der Waals surface area contributed by atoms with Crippen molar-refractivity contribution in [3.8, 4) is 0 Å². The molecule has 0 radical (unpaired) electrons. The number of anilines is 3. The number of rotatable bonds is 7. The Morgan fingerprint density at radius 3 is 2.30 bits per heavy atom. The number of nitrogens with one attached hydrogen (secondary N) is 2. The zero-order valence-corrected chi connectivity index (χ0v) is 23.6. The lowest BCUT2D eigenvalue weighted by molar-refractivity contribution is -0.384. The molecule has 2 fully saturated rings. The van der Waals surface area contributed by atoms with Crippen molar-refractivity contribution < 1.29 is 9.72 Å². The lowest BCUT2D eigenvalue weighted by atomic mass is 10.1. The first-order chi connectivity index (χ1) is 19.4.